The van der Waals surface area contributed by atoms with E-state index in [0.717, 1.165) is 33.5 Å². The van der Waals surface area contributed by atoms with Crippen LogP contribution in [0.25, 0.3) is 16.2 Å². The molecule has 0 unspecified atom stereocenters. The van der Waals surface area contributed by atoms with Crippen molar-refractivity contribution >= 4 is 28.0 Å². The zero-order chi connectivity index (χ0) is 21.1. The first-order valence-electron chi connectivity index (χ1n) is 9.90. The minimum atomic E-state index is 0.0390. The molecule has 1 fully saturated rings. The van der Waals surface area contributed by atoms with Gasteiger partial charge in [0.25, 0.3) is 5.91 Å². The number of carbonyl (C=O) groups is 1. The van der Waals surface area contributed by atoms with Gasteiger partial charge in [-0.25, -0.2) is 4.98 Å². The fourth-order valence-electron chi connectivity index (χ4n) is 3.56. The molecule has 0 spiro atoms. The fraction of sp³-hybridized carbons (Fsp3) is 0.429. The maximum Gasteiger partial charge on any atom is 0.266 e. The molecule has 1 aliphatic rings. The summed E-state index contributed by atoms with van der Waals surface area (Å²) in [6.45, 7) is 5.56. The molecule has 0 aliphatic carbocycles. The second-order valence-electron chi connectivity index (χ2n) is 7.00. The lowest BCUT2D eigenvalue weighted by Gasteiger charge is -2.26. The third kappa shape index (κ3) is 3.88. The summed E-state index contributed by atoms with van der Waals surface area (Å²) < 4.78 is 18.0. The van der Waals surface area contributed by atoms with Crippen LogP contribution in [0.3, 0.4) is 0 Å². The lowest BCUT2D eigenvalue weighted by atomic mass is 10.1. The van der Waals surface area contributed by atoms with Crippen molar-refractivity contribution in [1.29, 1.82) is 0 Å². The van der Waals surface area contributed by atoms with Crippen LogP contribution in [0.2, 0.25) is 0 Å². The third-order valence-electron chi connectivity index (χ3n) is 5.14. The van der Waals surface area contributed by atoms with Gasteiger partial charge in [0.15, 0.2) is 4.96 Å². The number of methoxy groups -OCH3 is 2. The van der Waals surface area contributed by atoms with Crippen LogP contribution in [0.5, 0.6) is 5.75 Å². The molecule has 1 saturated heterocycles. The molecule has 2 aromatic heterocycles. The van der Waals surface area contributed by atoms with E-state index >= 15 is 0 Å². The lowest BCUT2D eigenvalue weighted by Crippen LogP contribution is -2.40. The molecule has 1 aromatic carbocycles. The van der Waals surface area contributed by atoms with Crippen molar-refractivity contribution in [3.05, 3.63) is 34.8 Å². The molecule has 3 heterocycles. The Kier molecular flexibility index (Phi) is 6.21. The van der Waals surface area contributed by atoms with Crippen molar-refractivity contribution in [1.82, 2.24) is 14.3 Å². The van der Waals surface area contributed by atoms with Gasteiger partial charge in [-0.05, 0) is 19.1 Å². The summed E-state index contributed by atoms with van der Waals surface area (Å²) in [4.78, 5) is 21.3. The lowest BCUT2D eigenvalue weighted by molar-refractivity contribution is 0.0305. The Bertz CT molecular complexity index is 1040. The minimum absolute atomic E-state index is 0.0390. The van der Waals surface area contributed by atoms with E-state index in [9.17, 15) is 4.79 Å². The number of benzene rings is 1. The van der Waals surface area contributed by atoms with Crippen molar-refractivity contribution in [2.75, 3.05) is 59.0 Å². The fourth-order valence-corrected chi connectivity index (χ4v) is 4.66. The molecule has 9 heteroatoms. The smallest absolute Gasteiger partial charge is 0.266 e. The predicted octanol–water partition coefficient (Wildman–Crippen LogP) is 2.91. The highest BCUT2D eigenvalue weighted by molar-refractivity contribution is 7.19. The average molecular weight is 431 g/mol. The molecule has 30 heavy (non-hydrogen) atoms. The Morgan fingerprint density at radius 1 is 1.30 bits per heavy atom. The minimum Gasteiger partial charge on any atom is -0.497 e. The van der Waals surface area contributed by atoms with Crippen LogP contribution in [0, 0.1) is 6.92 Å². The van der Waals surface area contributed by atoms with Crippen molar-refractivity contribution in [2.45, 2.75) is 6.92 Å². The summed E-state index contributed by atoms with van der Waals surface area (Å²) in [5.74, 6) is 1.66. The van der Waals surface area contributed by atoms with Gasteiger partial charge < -0.3 is 24.4 Å². The SMILES string of the molecule is COCCNc1c(-c2cccc(OC)c2)nc2sc(C(=O)N3CCOCC3)c(C)n12. The number of nitrogens with one attached hydrogen (secondary N) is 1. The largest absolute Gasteiger partial charge is 0.497 e. The van der Waals surface area contributed by atoms with Gasteiger partial charge in [-0.15, -0.1) is 0 Å². The summed E-state index contributed by atoms with van der Waals surface area (Å²) in [6.07, 6.45) is 0. The van der Waals surface area contributed by atoms with E-state index in [0.29, 0.717) is 44.3 Å². The molecule has 1 N–H and O–H groups in total. The molecule has 8 nitrogen and oxygen atoms in total. The zero-order valence-electron chi connectivity index (χ0n) is 17.4. The van der Waals surface area contributed by atoms with E-state index in [1.807, 2.05) is 40.5 Å². The highest BCUT2D eigenvalue weighted by Gasteiger charge is 2.26. The van der Waals surface area contributed by atoms with Crippen molar-refractivity contribution in [3.8, 4) is 17.0 Å². The second kappa shape index (κ2) is 9.03. The molecule has 0 bridgehead atoms. The number of amides is 1. The Morgan fingerprint density at radius 2 is 2.10 bits per heavy atom. The quantitative estimate of drug-likeness (QED) is 0.581. The van der Waals surface area contributed by atoms with Crippen LogP contribution in [-0.2, 0) is 9.47 Å². The number of morpholine rings is 1. The number of anilines is 1. The van der Waals surface area contributed by atoms with Crippen molar-refractivity contribution < 1.29 is 19.0 Å². The summed E-state index contributed by atoms with van der Waals surface area (Å²) in [5.41, 5.74) is 2.66. The Morgan fingerprint density at radius 3 is 2.83 bits per heavy atom. The topological polar surface area (TPSA) is 77.3 Å². The molecule has 160 valence electrons. The average Bonchev–Trinajstić information content (AvgIpc) is 3.31. The second-order valence-corrected chi connectivity index (χ2v) is 7.98. The first-order valence-corrected chi connectivity index (χ1v) is 10.7. The number of aryl methyl sites for hydroxylation is 1. The number of rotatable bonds is 7. The molecule has 0 saturated carbocycles. The van der Waals surface area contributed by atoms with Crippen LogP contribution >= 0.6 is 11.3 Å². The normalized spacial score (nSPS) is 14.3. The molecule has 3 aromatic rings. The third-order valence-corrected chi connectivity index (χ3v) is 6.27. The number of aromatic nitrogens is 2. The predicted molar refractivity (Wildman–Crippen MR) is 117 cm³/mol. The molecule has 1 aliphatic heterocycles. The molecule has 4 rings (SSSR count). The Balaban J connectivity index is 1.77. The number of carbonyl (C=O) groups excluding carboxylic acids is 1. The first kappa shape index (κ1) is 20.6. The highest BCUT2D eigenvalue weighted by Crippen LogP contribution is 2.36. The number of ether oxygens (including phenoxy) is 3. The van der Waals surface area contributed by atoms with E-state index < -0.39 is 0 Å². The molecule has 0 radical (unpaired) electrons. The number of nitrogens with zero attached hydrogens (tertiary/aromatic N) is 3. The van der Waals surface area contributed by atoms with Crippen molar-refractivity contribution in [3.63, 3.8) is 0 Å². The highest BCUT2D eigenvalue weighted by atomic mass is 32.1. The van der Waals surface area contributed by atoms with E-state index in [2.05, 4.69) is 5.32 Å². The standard InChI is InChI=1S/C21H26N4O4S/c1-14-18(20(26)24-8-11-29-12-9-24)30-21-23-17(15-5-4-6-16(13-15)28-3)19(25(14)21)22-7-10-27-2/h4-6,13,22H,7-12H2,1-3H3. The number of thiazole rings is 1. The molecular formula is C21H26N4O4S. The number of imidazole rings is 1. The van der Waals surface area contributed by atoms with Crippen LogP contribution in [0.1, 0.15) is 15.4 Å². The number of hydrogen-bond donors (Lipinski definition) is 1. The van der Waals surface area contributed by atoms with E-state index in [1.54, 1.807) is 14.2 Å². The van der Waals surface area contributed by atoms with Crippen LogP contribution in [0.4, 0.5) is 5.82 Å². The van der Waals surface area contributed by atoms with Gasteiger partial charge in [0.05, 0.1) is 26.9 Å². The van der Waals surface area contributed by atoms with Gasteiger partial charge in [0.1, 0.15) is 22.1 Å². The van der Waals surface area contributed by atoms with E-state index in [-0.39, 0.29) is 5.91 Å². The Labute approximate surface area is 179 Å². The summed E-state index contributed by atoms with van der Waals surface area (Å²) in [6, 6.07) is 7.82. The maximum absolute atomic E-state index is 13.1. The Hall–Kier alpha value is -2.62. The maximum atomic E-state index is 13.1. The van der Waals surface area contributed by atoms with Crippen molar-refractivity contribution in [2.24, 2.45) is 0 Å². The molecule has 1 amide bonds. The monoisotopic (exact) mass is 430 g/mol. The zero-order valence-corrected chi connectivity index (χ0v) is 18.3. The summed E-state index contributed by atoms with van der Waals surface area (Å²) >= 11 is 1.42. The van der Waals surface area contributed by atoms with Crippen LogP contribution < -0.4 is 10.1 Å². The van der Waals surface area contributed by atoms with E-state index in [1.165, 1.54) is 11.3 Å². The van der Waals surface area contributed by atoms with Gasteiger partial charge >= 0.3 is 0 Å². The van der Waals surface area contributed by atoms with Gasteiger partial charge in [-0.1, -0.05) is 23.5 Å². The van der Waals surface area contributed by atoms with Crippen LogP contribution in [0.15, 0.2) is 24.3 Å². The van der Waals surface area contributed by atoms with Gasteiger partial charge in [0, 0.05) is 38.0 Å². The van der Waals surface area contributed by atoms with Gasteiger partial charge in [-0.3, -0.25) is 9.20 Å². The van der Waals surface area contributed by atoms with E-state index in [4.69, 9.17) is 19.2 Å². The van der Waals surface area contributed by atoms with Gasteiger partial charge in [0.2, 0.25) is 0 Å². The summed E-state index contributed by atoms with van der Waals surface area (Å²) in [5, 5.41) is 3.44. The molecule has 0 atom stereocenters. The first-order chi connectivity index (χ1) is 14.6. The van der Waals surface area contributed by atoms with Gasteiger partial charge in [-0.2, -0.15) is 0 Å². The number of fused-ring (bicyclic) bond motifs is 1. The summed E-state index contributed by atoms with van der Waals surface area (Å²) in [7, 11) is 3.32. The number of hydrogen-bond acceptors (Lipinski definition) is 7. The van der Waals surface area contributed by atoms with Crippen LogP contribution in [-0.4, -0.2) is 73.9 Å². The molecular weight excluding hydrogens is 404 g/mol.